The smallest absolute Gasteiger partial charge is 0.408 e. The van der Waals surface area contributed by atoms with Gasteiger partial charge in [-0.15, -0.1) is 0 Å². The maximum Gasteiger partial charge on any atom is 0.408 e. The van der Waals surface area contributed by atoms with Gasteiger partial charge in [-0.25, -0.2) is 4.79 Å². The van der Waals surface area contributed by atoms with Crippen LogP contribution in [0.4, 0.5) is 4.79 Å². The van der Waals surface area contributed by atoms with Crippen LogP contribution in [-0.2, 0) is 9.53 Å². The summed E-state index contributed by atoms with van der Waals surface area (Å²) in [6, 6.07) is 2.06. The second-order valence-corrected chi connectivity index (χ2v) is 7.66. The molecule has 2 N–H and O–H groups in total. The van der Waals surface area contributed by atoms with Crippen molar-refractivity contribution in [3.8, 4) is 0 Å². The Morgan fingerprint density at radius 1 is 1.41 bits per heavy atom. The highest BCUT2D eigenvalue weighted by molar-refractivity contribution is 7.07. The van der Waals surface area contributed by atoms with E-state index in [1.54, 1.807) is 32.1 Å². The van der Waals surface area contributed by atoms with Gasteiger partial charge in [-0.1, -0.05) is 6.92 Å². The molecule has 0 aromatic carbocycles. The van der Waals surface area contributed by atoms with Gasteiger partial charge in [0.1, 0.15) is 11.1 Å². The predicted molar refractivity (Wildman–Crippen MR) is 87.1 cm³/mol. The van der Waals surface area contributed by atoms with Gasteiger partial charge in [-0.05, 0) is 61.9 Å². The molecule has 22 heavy (non-hydrogen) atoms. The van der Waals surface area contributed by atoms with Crippen LogP contribution in [0.1, 0.15) is 52.0 Å². The Morgan fingerprint density at radius 2 is 2.09 bits per heavy atom. The first-order valence-electron chi connectivity index (χ1n) is 7.53. The first kappa shape index (κ1) is 16.8. The van der Waals surface area contributed by atoms with E-state index < -0.39 is 17.2 Å². The Bertz CT molecular complexity index is 530. The maximum absolute atomic E-state index is 12.3. The van der Waals surface area contributed by atoms with Crippen molar-refractivity contribution >= 4 is 23.3 Å². The van der Waals surface area contributed by atoms with E-state index in [0.717, 1.165) is 0 Å². The van der Waals surface area contributed by atoms with E-state index in [9.17, 15) is 9.59 Å². The molecule has 1 aromatic rings. The number of carbonyl (C=O) groups excluding carboxylic acids is 2. The Hall–Kier alpha value is -1.56. The third kappa shape index (κ3) is 4.47. The number of hydrogen-bond acceptors (Lipinski definition) is 4. The monoisotopic (exact) mass is 324 g/mol. The summed E-state index contributed by atoms with van der Waals surface area (Å²) in [7, 11) is 0. The zero-order valence-electron chi connectivity index (χ0n) is 13.6. The van der Waals surface area contributed by atoms with E-state index in [2.05, 4.69) is 29.0 Å². The van der Waals surface area contributed by atoms with Crippen LogP contribution in [-0.4, -0.2) is 29.7 Å². The molecule has 0 aliphatic heterocycles. The molecule has 1 heterocycles. The number of alkyl carbamates (subject to hydrolysis) is 1. The van der Waals surface area contributed by atoms with E-state index in [1.807, 2.05) is 5.38 Å². The topological polar surface area (TPSA) is 67.4 Å². The van der Waals surface area contributed by atoms with Gasteiger partial charge in [-0.3, -0.25) is 4.79 Å². The molecule has 5 nitrogen and oxygen atoms in total. The first-order valence-corrected chi connectivity index (χ1v) is 8.48. The van der Waals surface area contributed by atoms with Crippen molar-refractivity contribution in [2.75, 3.05) is 6.54 Å². The molecule has 1 aromatic heterocycles. The molecular formula is C16H24N2O3S. The van der Waals surface area contributed by atoms with Crippen molar-refractivity contribution in [3.05, 3.63) is 22.4 Å². The quantitative estimate of drug-likeness (QED) is 0.875. The normalized spacial score (nSPS) is 17.5. The van der Waals surface area contributed by atoms with Gasteiger partial charge in [0.05, 0.1) is 0 Å². The highest BCUT2D eigenvalue weighted by Crippen LogP contribution is 2.36. The van der Waals surface area contributed by atoms with Crippen LogP contribution in [0.25, 0.3) is 0 Å². The standard InChI is InChI=1S/C16H24N2O3S/c1-11(12-5-8-22-10-12)9-17-13(19)16(6-7-16)18-14(20)21-15(2,3)4/h5,8,10-11H,6-7,9H2,1-4H3,(H,17,19)(H,18,20). The SMILES string of the molecule is CC(CNC(=O)C1(NC(=O)OC(C)(C)C)CC1)c1ccsc1. The van der Waals surface area contributed by atoms with E-state index in [0.29, 0.717) is 19.4 Å². The summed E-state index contributed by atoms with van der Waals surface area (Å²) in [5, 5.41) is 9.76. The number of nitrogens with one attached hydrogen (secondary N) is 2. The minimum Gasteiger partial charge on any atom is -0.444 e. The van der Waals surface area contributed by atoms with Gasteiger partial charge < -0.3 is 15.4 Å². The van der Waals surface area contributed by atoms with Crippen LogP contribution in [0.15, 0.2) is 16.8 Å². The minimum absolute atomic E-state index is 0.125. The maximum atomic E-state index is 12.3. The van der Waals surface area contributed by atoms with Crippen LogP contribution >= 0.6 is 11.3 Å². The van der Waals surface area contributed by atoms with Crippen LogP contribution in [0.2, 0.25) is 0 Å². The number of hydrogen-bond donors (Lipinski definition) is 2. The molecular weight excluding hydrogens is 300 g/mol. The Morgan fingerprint density at radius 3 is 2.59 bits per heavy atom. The highest BCUT2D eigenvalue weighted by atomic mass is 32.1. The molecule has 0 bridgehead atoms. The Labute approximate surface area is 135 Å². The number of thiophene rings is 1. The summed E-state index contributed by atoms with van der Waals surface area (Å²) < 4.78 is 5.22. The van der Waals surface area contributed by atoms with Gasteiger partial charge >= 0.3 is 6.09 Å². The number of amides is 2. The van der Waals surface area contributed by atoms with Crippen LogP contribution < -0.4 is 10.6 Å². The van der Waals surface area contributed by atoms with Crippen molar-refractivity contribution in [3.63, 3.8) is 0 Å². The Kier molecular flexibility index (Phi) is 4.80. The molecule has 122 valence electrons. The van der Waals surface area contributed by atoms with Crippen LogP contribution in [0.3, 0.4) is 0 Å². The van der Waals surface area contributed by atoms with Gasteiger partial charge in [0, 0.05) is 6.54 Å². The van der Waals surface area contributed by atoms with Gasteiger partial charge in [0.25, 0.3) is 0 Å². The fourth-order valence-corrected chi connectivity index (χ4v) is 2.90. The van der Waals surface area contributed by atoms with Gasteiger partial charge in [-0.2, -0.15) is 11.3 Å². The molecule has 1 unspecified atom stereocenters. The third-order valence-electron chi connectivity index (χ3n) is 3.61. The fraction of sp³-hybridized carbons (Fsp3) is 0.625. The summed E-state index contributed by atoms with van der Waals surface area (Å²) in [5.41, 5.74) is -0.129. The van der Waals surface area contributed by atoms with Crippen molar-refractivity contribution < 1.29 is 14.3 Å². The van der Waals surface area contributed by atoms with Crippen molar-refractivity contribution in [1.29, 1.82) is 0 Å². The van der Waals surface area contributed by atoms with Gasteiger partial charge in [0.15, 0.2) is 0 Å². The number of rotatable bonds is 5. The minimum atomic E-state index is -0.781. The molecule has 2 amide bonds. The molecule has 0 spiro atoms. The molecule has 1 atom stereocenters. The lowest BCUT2D eigenvalue weighted by molar-refractivity contribution is -0.124. The summed E-state index contributed by atoms with van der Waals surface area (Å²) >= 11 is 1.65. The summed E-state index contributed by atoms with van der Waals surface area (Å²) in [4.78, 5) is 24.2. The predicted octanol–water partition coefficient (Wildman–Crippen LogP) is 3.03. The van der Waals surface area contributed by atoms with Crippen molar-refractivity contribution in [1.82, 2.24) is 10.6 Å². The van der Waals surface area contributed by atoms with Crippen molar-refractivity contribution in [2.45, 2.75) is 57.6 Å². The summed E-state index contributed by atoms with van der Waals surface area (Å²) in [6.45, 7) is 8.04. The molecule has 0 saturated heterocycles. The second kappa shape index (κ2) is 6.28. The molecule has 0 radical (unpaired) electrons. The van der Waals surface area contributed by atoms with Gasteiger partial charge in [0.2, 0.25) is 5.91 Å². The first-order chi connectivity index (χ1) is 10.2. The molecule has 2 rings (SSSR count). The average Bonchev–Trinajstić information content (AvgIpc) is 2.97. The second-order valence-electron chi connectivity index (χ2n) is 6.88. The molecule has 6 heteroatoms. The van der Waals surface area contributed by atoms with Crippen molar-refractivity contribution in [2.24, 2.45) is 0 Å². The Balaban J connectivity index is 1.83. The van der Waals surface area contributed by atoms with Crippen LogP contribution in [0, 0.1) is 0 Å². The molecule has 1 aliphatic carbocycles. The van der Waals surface area contributed by atoms with Crippen LogP contribution in [0.5, 0.6) is 0 Å². The summed E-state index contributed by atoms with van der Waals surface area (Å²) in [6.07, 6.45) is 0.779. The third-order valence-corrected chi connectivity index (χ3v) is 4.31. The zero-order valence-corrected chi connectivity index (χ0v) is 14.4. The lowest BCUT2D eigenvalue weighted by Gasteiger charge is -2.23. The van der Waals surface area contributed by atoms with E-state index in [4.69, 9.17) is 4.74 Å². The highest BCUT2D eigenvalue weighted by Gasteiger charge is 2.51. The number of carbonyl (C=O) groups is 2. The fourth-order valence-electron chi connectivity index (χ4n) is 2.12. The van der Waals surface area contributed by atoms with E-state index >= 15 is 0 Å². The molecule has 1 aliphatic rings. The van der Waals surface area contributed by atoms with E-state index in [1.165, 1.54) is 5.56 Å². The number of ether oxygens (including phenoxy) is 1. The summed E-state index contributed by atoms with van der Waals surface area (Å²) in [5.74, 6) is 0.132. The zero-order chi connectivity index (χ0) is 16.4. The van der Waals surface area contributed by atoms with E-state index in [-0.39, 0.29) is 11.8 Å². The molecule has 1 fully saturated rings. The largest absolute Gasteiger partial charge is 0.444 e. The lowest BCUT2D eigenvalue weighted by Crippen LogP contribution is -2.50. The molecule has 1 saturated carbocycles. The average molecular weight is 324 g/mol. The lowest BCUT2D eigenvalue weighted by atomic mass is 10.1.